The molecule has 0 aliphatic heterocycles. The second-order valence-electron chi connectivity index (χ2n) is 3.13. The molecule has 1 aromatic carbocycles. The molecule has 0 unspecified atom stereocenters. The largest absolute Gasteiger partial charge is 0.416 e. The van der Waals surface area contributed by atoms with Crippen molar-refractivity contribution in [3.8, 4) is 0 Å². The maximum absolute atomic E-state index is 12.2. The Morgan fingerprint density at radius 3 is 2.12 bits per heavy atom. The van der Waals surface area contributed by atoms with Crippen LogP contribution in [0.25, 0.3) is 0 Å². The Morgan fingerprint density at radius 1 is 1.25 bits per heavy atom. The topological polar surface area (TPSA) is 67.6 Å². The molecule has 1 rings (SSSR count). The summed E-state index contributed by atoms with van der Waals surface area (Å²) in [4.78, 5) is 0. The van der Waals surface area contributed by atoms with E-state index in [1.54, 1.807) is 0 Å². The van der Waals surface area contributed by atoms with Gasteiger partial charge in [-0.3, -0.25) is 0 Å². The number of alkyl halides is 3. The predicted octanol–water partition coefficient (Wildman–Crippen LogP) is 1.13. The molecular formula is C9H11F3N4. The molecule has 0 aliphatic rings. The van der Waals surface area contributed by atoms with E-state index in [4.69, 9.17) is 11.6 Å². The summed E-state index contributed by atoms with van der Waals surface area (Å²) in [6.07, 6.45) is -4.35. The summed E-state index contributed by atoms with van der Waals surface area (Å²) in [7, 11) is 1.46. The van der Waals surface area contributed by atoms with Crippen molar-refractivity contribution in [3.05, 3.63) is 35.4 Å². The molecule has 16 heavy (non-hydrogen) atoms. The van der Waals surface area contributed by atoms with Crippen LogP contribution in [0.5, 0.6) is 0 Å². The summed E-state index contributed by atoms with van der Waals surface area (Å²) in [6.45, 7) is 0. The van der Waals surface area contributed by atoms with Crippen molar-refractivity contribution in [1.29, 1.82) is 0 Å². The lowest BCUT2D eigenvalue weighted by atomic mass is 10.1. The molecule has 0 fully saturated rings. The summed E-state index contributed by atoms with van der Waals surface area (Å²) >= 11 is 0. The Labute approximate surface area is 90.3 Å². The van der Waals surface area contributed by atoms with Crippen LogP contribution >= 0.6 is 0 Å². The number of nitrogens with two attached hydrogens (primary N) is 2. The lowest BCUT2D eigenvalue weighted by Crippen LogP contribution is -2.25. The molecule has 0 aliphatic carbocycles. The molecule has 4 N–H and O–H groups in total. The zero-order valence-corrected chi connectivity index (χ0v) is 8.49. The molecule has 1 aromatic rings. The Morgan fingerprint density at radius 2 is 1.75 bits per heavy atom. The van der Waals surface area contributed by atoms with E-state index < -0.39 is 11.7 Å². The number of nitrogens with zero attached hydrogens (tertiary/aromatic N) is 2. The highest BCUT2D eigenvalue weighted by Gasteiger charge is 2.29. The van der Waals surface area contributed by atoms with Gasteiger partial charge in [0.25, 0.3) is 0 Å². The molecule has 0 spiro atoms. The van der Waals surface area contributed by atoms with Crippen LogP contribution in [0.2, 0.25) is 0 Å². The van der Waals surface area contributed by atoms with Crippen molar-refractivity contribution < 1.29 is 13.2 Å². The molecule has 0 atom stereocenters. The molecule has 0 aromatic heterocycles. The minimum absolute atomic E-state index is 0.0544. The normalized spacial score (nSPS) is 12.7. The first kappa shape index (κ1) is 12.3. The van der Waals surface area contributed by atoms with Crippen molar-refractivity contribution in [2.75, 3.05) is 7.05 Å². The van der Waals surface area contributed by atoms with Gasteiger partial charge in [0.1, 0.15) is 0 Å². The van der Waals surface area contributed by atoms with Gasteiger partial charge in [-0.05, 0) is 12.1 Å². The van der Waals surface area contributed by atoms with Crippen LogP contribution in [0.4, 0.5) is 13.2 Å². The third-order valence-corrected chi connectivity index (χ3v) is 1.77. The van der Waals surface area contributed by atoms with Crippen molar-refractivity contribution in [1.82, 2.24) is 5.12 Å². The molecule has 0 bridgehead atoms. The number of benzene rings is 1. The number of halogens is 3. The van der Waals surface area contributed by atoms with Gasteiger partial charge in [-0.15, -0.1) is 5.10 Å². The smallest absolute Gasteiger partial charge is 0.382 e. The van der Waals surface area contributed by atoms with Crippen molar-refractivity contribution in [3.63, 3.8) is 0 Å². The van der Waals surface area contributed by atoms with E-state index in [2.05, 4.69) is 5.10 Å². The summed E-state index contributed by atoms with van der Waals surface area (Å²) in [6, 6.07) is 4.36. The lowest BCUT2D eigenvalue weighted by Gasteiger charge is -2.09. The first-order chi connectivity index (χ1) is 7.30. The van der Waals surface area contributed by atoms with E-state index in [0.717, 1.165) is 17.3 Å². The molecule has 0 saturated carbocycles. The van der Waals surface area contributed by atoms with Gasteiger partial charge in [-0.25, -0.2) is 11.0 Å². The van der Waals surface area contributed by atoms with Gasteiger partial charge in [-0.2, -0.15) is 13.2 Å². The van der Waals surface area contributed by atoms with E-state index in [1.807, 2.05) is 0 Å². The lowest BCUT2D eigenvalue weighted by molar-refractivity contribution is -0.137. The molecule has 88 valence electrons. The van der Waals surface area contributed by atoms with E-state index >= 15 is 0 Å². The first-order valence-corrected chi connectivity index (χ1v) is 4.31. The van der Waals surface area contributed by atoms with Crippen LogP contribution in [0.3, 0.4) is 0 Å². The van der Waals surface area contributed by atoms with Gasteiger partial charge in [0.05, 0.1) is 5.56 Å². The number of hydrazine groups is 1. The summed E-state index contributed by atoms with van der Waals surface area (Å²) < 4.78 is 36.7. The van der Waals surface area contributed by atoms with Gasteiger partial charge in [0.15, 0.2) is 5.84 Å². The van der Waals surface area contributed by atoms with Crippen molar-refractivity contribution in [2.24, 2.45) is 16.7 Å². The molecule has 0 amide bonds. The minimum atomic E-state index is -4.35. The Hall–Kier alpha value is -1.76. The number of hydrazone groups is 1. The third-order valence-electron chi connectivity index (χ3n) is 1.77. The fourth-order valence-corrected chi connectivity index (χ4v) is 1.06. The molecular weight excluding hydrogens is 221 g/mol. The zero-order chi connectivity index (χ0) is 12.3. The van der Waals surface area contributed by atoms with E-state index in [9.17, 15) is 13.2 Å². The van der Waals surface area contributed by atoms with Gasteiger partial charge in [0.2, 0.25) is 0 Å². The number of amidine groups is 1. The number of hydrogen-bond donors (Lipinski definition) is 2. The molecule has 0 radical (unpaired) electrons. The quantitative estimate of drug-likeness (QED) is 0.347. The second kappa shape index (κ2) is 4.40. The minimum Gasteiger partial charge on any atom is -0.382 e. The Bertz CT molecular complexity index is 381. The Balaban J connectivity index is 2.96. The third kappa shape index (κ3) is 3.13. The highest BCUT2D eigenvalue weighted by atomic mass is 19.4. The van der Waals surface area contributed by atoms with Gasteiger partial charge >= 0.3 is 6.18 Å². The molecule has 4 nitrogen and oxygen atoms in total. The van der Waals surface area contributed by atoms with Gasteiger partial charge < -0.3 is 5.73 Å². The number of rotatable bonds is 2. The summed E-state index contributed by atoms with van der Waals surface area (Å²) in [5.41, 5.74) is 5.15. The van der Waals surface area contributed by atoms with Crippen LogP contribution in [-0.2, 0) is 6.18 Å². The first-order valence-electron chi connectivity index (χ1n) is 4.31. The van der Waals surface area contributed by atoms with Gasteiger partial charge in [0, 0.05) is 12.6 Å². The predicted molar refractivity (Wildman–Crippen MR) is 54.1 cm³/mol. The monoisotopic (exact) mass is 232 g/mol. The molecule has 7 heteroatoms. The second-order valence-corrected chi connectivity index (χ2v) is 3.13. The summed E-state index contributed by atoms with van der Waals surface area (Å²) in [5.74, 6) is 5.27. The highest BCUT2D eigenvalue weighted by molar-refractivity contribution is 5.97. The van der Waals surface area contributed by atoms with E-state index in [0.29, 0.717) is 5.56 Å². The molecule has 0 saturated heterocycles. The maximum Gasteiger partial charge on any atom is 0.416 e. The average molecular weight is 232 g/mol. The van der Waals surface area contributed by atoms with Crippen LogP contribution in [0.1, 0.15) is 11.1 Å². The van der Waals surface area contributed by atoms with Crippen molar-refractivity contribution >= 4 is 5.84 Å². The van der Waals surface area contributed by atoms with Crippen LogP contribution in [0, 0.1) is 0 Å². The standard InChI is InChI=1S/C9H11F3N4/c1-16(14)15-8(13)6-2-4-7(5-3-6)9(10,11)12/h2-5H,14H2,1H3,(H2,13,15). The zero-order valence-electron chi connectivity index (χ0n) is 8.49. The molecule has 0 heterocycles. The SMILES string of the molecule is CN(N)/N=C(\N)c1ccc(C(F)(F)F)cc1. The number of hydrogen-bond acceptors (Lipinski definition) is 3. The summed E-state index contributed by atoms with van der Waals surface area (Å²) in [5, 5.41) is 4.64. The van der Waals surface area contributed by atoms with Crippen LogP contribution in [-0.4, -0.2) is 18.0 Å². The van der Waals surface area contributed by atoms with Crippen LogP contribution < -0.4 is 11.6 Å². The fourth-order valence-electron chi connectivity index (χ4n) is 1.06. The maximum atomic E-state index is 12.2. The van der Waals surface area contributed by atoms with E-state index in [-0.39, 0.29) is 5.84 Å². The van der Waals surface area contributed by atoms with Gasteiger partial charge in [-0.1, -0.05) is 12.1 Å². The van der Waals surface area contributed by atoms with Crippen LogP contribution in [0.15, 0.2) is 29.4 Å². The van der Waals surface area contributed by atoms with Crippen molar-refractivity contribution in [2.45, 2.75) is 6.18 Å². The average Bonchev–Trinajstić information content (AvgIpc) is 2.15. The van der Waals surface area contributed by atoms with E-state index in [1.165, 1.54) is 19.2 Å². The fraction of sp³-hybridized carbons (Fsp3) is 0.222. The Kier molecular flexibility index (Phi) is 3.38. The highest BCUT2D eigenvalue weighted by Crippen LogP contribution is 2.28.